The molecule has 3 rings (SSSR count). The van der Waals surface area contributed by atoms with Crippen molar-refractivity contribution >= 4 is 27.5 Å². The lowest BCUT2D eigenvalue weighted by Gasteiger charge is -2.11. The molecular weight excluding hydrogens is 422 g/mol. The molecule has 7 heteroatoms. The van der Waals surface area contributed by atoms with Gasteiger partial charge in [-0.2, -0.15) is 5.10 Å². The van der Waals surface area contributed by atoms with E-state index in [1.165, 1.54) is 0 Å². The third-order valence-electron chi connectivity index (χ3n) is 4.51. The summed E-state index contributed by atoms with van der Waals surface area (Å²) in [6.07, 6.45) is 0. The van der Waals surface area contributed by atoms with E-state index in [0.717, 1.165) is 27.1 Å². The molecule has 0 aliphatic rings. The molecule has 0 unspecified atom stereocenters. The topological polar surface area (TPSA) is 65.4 Å². The van der Waals surface area contributed by atoms with Crippen LogP contribution in [0.1, 0.15) is 27.3 Å². The Morgan fingerprint density at radius 3 is 2.39 bits per heavy atom. The summed E-state index contributed by atoms with van der Waals surface area (Å²) in [5, 5.41) is 7.57. The molecule has 0 radical (unpaired) electrons. The third kappa shape index (κ3) is 4.20. The minimum Gasteiger partial charge on any atom is -0.493 e. The lowest BCUT2D eigenvalue weighted by atomic mass is 10.2. The Balaban J connectivity index is 1.82. The second-order valence-electron chi connectivity index (χ2n) is 6.35. The van der Waals surface area contributed by atoms with Gasteiger partial charge in [0.25, 0.3) is 5.91 Å². The molecule has 2 aromatic carbocycles. The van der Waals surface area contributed by atoms with Crippen LogP contribution in [0.25, 0.3) is 0 Å². The van der Waals surface area contributed by atoms with Crippen molar-refractivity contribution in [2.24, 2.45) is 0 Å². The second kappa shape index (κ2) is 8.48. The minimum absolute atomic E-state index is 0.163. The molecule has 0 saturated heterocycles. The molecule has 6 nitrogen and oxygen atoms in total. The predicted octanol–water partition coefficient (Wildman–Crippen LogP) is 4.58. The van der Waals surface area contributed by atoms with Crippen molar-refractivity contribution in [3.05, 3.63) is 69.5 Å². The van der Waals surface area contributed by atoms with E-state index in [1.807, 2.05) is 48.9 Å². The molecule has 0 saturated carbocycles. The van der Waals surface area contributed by atoms with Gasteiger partial charge in [-0.1, -0.05) is 22.0 Å². The highest BCUT2D eigenvalue weighted by Crippen LogP contribution is 2.28. The number of ether oxygens (including phenoxy) is 2. The van der Waals surface area contributed by atoms with Crippen molar-refractivity contribution in [2.45, 2.75) is 20.4 Å². The van der Waals surface area contributed by atoms with Crippen LogP contribution in [0.2, 0.25) is 0 Å². The fraction of sp³-hybridized carbons (Fsp3) is 0.238. The van der Waals surface area contributed by atoms with Crippen LogP contribution >= 0.6 is 15.9 Å². The molecule has 1 aromatic heterocycles. The molecule has 28 heavy (non-hydrogen) atoms. The number of methoxy groups -OCH3 is 2. The summed E-state index contributed by atoms with van der Waals surface area (Å²) in [6, 6.07) is 13.0. The van der Waals surface area contributed by atoms with E-state index in [4.69, 9.17) is 9.47 Å². The molecule has 0 aliphatic heterocycles. The average Bonchev–Trinajstić information content (AvgIpc) is 2.95. The SMILES string of the molecule is COc1ccc(Cn2nc(C)c(NC(=O)c3ccc(Br)cc3)c2C)cc1OC. The van der Waals surface area contributed by atoms with Crippen molar-refractivity contribution in [1.82, 2.24) is 9.78 Å². The first kappa shape index (κ1) is 19.9. The second-order valence-corrected chi connectivity index (χ2v) is 7.27. The summed E-state index contributed by atoms with van der Waals surface area (Å²) < 4.78 is 13.5. The first-order chi connectivity index (χ1) is 13.4. The Kier molecular flexibility index (Phi) is 6.04. The summed E-state index contributed by atoms with van der Waals surface area (Å²) >= 11 is 3.38. The largest absolute Gasteiger partial charge is 0.493 e. The Morgan fingerprint density at radius 1 is 1.07 bits per heavy atom. The zero-order valence-electron chi connectivity index (χ0n) is 16.2. The van der Waals surface area contributed by atoms with Gasteiger partial charge in [-0.15, -0.1) is 0 Å². The Morgan fingerprint density at radius 2 is 1.75 bits per heavy atom. The van der Waals surface area contributed by atoms with E-state index in [9.17, 15) is 4.79 Å². The van der Waals surface area contributed by atoms with Crippen LogP contribution in [0, 0.1) is 13.8 Å². The van der Waals surface area contributed by atoms with Crippen molar-refractivity contribution in [3.8, 4) is 11.5 Å². The summed E-state index contributed by atoms with van der Waals surface area (Å²) in [4.78, 5) is 12.6. The number of nitrogens with one attached hydrogen (secondary N) is 1. The highest BCUT2D eigenvalue weighted by molar-refractivity contribution is 9.10. The highest BCUT2D eigenvalue weighted by atomic mass is 79.9. The van der Waals surface area contributed by atoms with Crippen molar-refractivity contribution < 1.29 is 14.3 Å². The zero-order chi connectivity index (χ0) is 20.3. The van der Waals surface area contributed by atoms with Gasteiger partial charge in [0.05, 0.1) is 37.8 Å². The number of benzene rings is 2. The Hall–Kier alpha value is -2.80. The maximum absolute atomic E-state index is 12.6. The van der Waals surface area contributed by atoms with Gasteiger partial charge in [0.2, 0.25) is 0 Å². The number of carbonyl (C=O) groups is 1. The van der Waals surface area contributed by atoms with Gasteiger partial charge in [0.15, 0.2) is 11.5 Å². The van der Waals surface area contributed by atoms with Gasteiger partial charge in [0.1, 0.15) is 0 Å². The average molecular weight is 444 g/mol. The van der Waals surface area contributed by atoms with Crippen molar-refractivity contribution in [1.29, 1.82) is 0 Å². The molecule has 0 atom stereocenters. The van der Waals surface area contributed by atoms with E-state index in [-0.39, 0.29) is 5.91 Å². The first-order valence-corrected chi connectivity index (χ1v) is 9.54. The fourth-order valence-electron chi connectivity index (χ4n) is 2.97. The number of hydrogen-bond donors (Lipinski definition) is 1. The predicted molar refractivity (Wildman–Crippen MR) is 112 cm³/mol. The molecule has 3 aromatic rings. The number of amides is 1. The molecular formula is C21H22BrN3O3. The van der Waals surface area contributed by atoms with E-state index in [2.05, 4.69) is 26.3 Å². The lowest BCUT2D eigenvalue weighted by molar-refractivity contribution is 0.102. The molecule has 0 bridgehead atoms. The van der Waals surface area contributed by atoms with Gasteiger partial charge in [-0.3, -0.25) is 9.48 Å². The van der Waals surface area contributed by atoms with E-state index < -0.39 is 0 Å². The summed E-state index contributed by atoms with van der Waals surface area (Å²) in [5.74, 6) is 1.19. The van der Waals surface area contributed by atoms with Crippen LogP contribution in [0.15, 0.2) is 46.9 Å². The Labute approximate surface area is 172 Å². The maximum Gasteiger partial charge on any atom is 0.255 e. The number of anilines is 1. The summed E-state index contributed by atoms with van der Waals surface area (Å²) in [7, 11) is 3.22. The number of hydrogen-bond acceptors (Lipinski definition) is 4. The molecule has 1 N–H and O–H groups in total. The molecule has 1 amide bonds. The highest BCUT2D eigenvalue weighted by Gasteiger charge is 2.16. The molecule has 1 heterocycles. The van der Waals surface area contributed by atoms with Crippen LogP contribution in [0.4, 0.5) is 5.69 Å². The van der Waals surface area contributed by atoms with Gasteiger partial charge in [-0.25, -0.2) is 0 Å². The first-order valence-electron chi connectivity index (χ1n) is 8.74. The standard InChI is InChI=1S/C21H22BrN3O3/c1-13-20(23-21(26)16-6-8-17(22)9-7-16)14(2)25(24-13)12-15-5-10-18(27-3)19(11-15)28-4/h5-11H,12H2,1-4H3,(H,23,26). The Bertz CT molecular complexity index is 997. The number of carbonyl (C=O) groups excluding carboxylic acids is 1. The minimum atomic E-state index is -0.163. The van der Waals surface area contributed by atoms with Crippen molar-refractivity contribution in [2.75, 3.05) is 19.5 Å². The van der Waals surface area contributed by atoms with Crippen LogP contribution in [-0.2, 0) is 6.54 Å². The number of aromatic nitrogens is 2. The molecule has 146 valence electrons. The van der Waals surface area contributed by atoms with Crippen LogP contribution in [0.5, 0.6) is 11.5 Å². The quantitative estimate of drug-likeness (QED) is 0.605. The zero-order valence-corrected chi connectivity index (χ0v) is 17.8. The summed E-state index contributed by atoms with van der Waals surface area (Å²) in [6.45, 7) is 4.38. The molecule has 0 spiro atoms. The lowest BCUT2D eigenvalue weighted by Crippen LogP contribution is -2.13. The fourth-order valence-corrected chi connectivity index (χ4v) is 3.23. The number of rotatable bonds is 6. The van der Waals surface area contributed by atoms with Crippen LogP contribution in [-0.4, -0.2) is 29.9 Å². The van der Waals surface area contributed by atoms with Crippen LogP contribution in [0.3, 0.4) is 0 Å². The van der Waals surface area contributed by atoms with E-state index >= 15 is 0 Å². The van der Waals surface area contributed by atoms with Gasteiger partial charge >= 0.3 is 0 Å². The van der Waals surface area contributed by atoms with E-state index in [1.54, 1.807) is 26.4 Å². The monoisotopic (exact) mass is 443 g/mol. The van der Waals surface area contributed by atoms with Gasteiger partial charge in [0, 0.05) is 10.0 Å². The number of halogens is 1. The van der Waals surface area contributed by atoms with Crippen molar-refractivity contribution in [3.63, 3.8) is 0 Å². The number of aryl methyl sites for hydroxylation is 1. The molecule has 0 fully saturated rings. The molecule has 0 aliphatic carbocycles. The van der Waals surface area contributed by atoms with Crippen LogP contribution < -0.4 is 14.8 Å². The number of nitrogens with zero attached hydrogens (tertiary/aromatic N) is 2. The van der Waals surface area contributed by atoms with Gasteiger partial charge < -0.3 is 14.8 Å². The smallest absolute Gasteiger partial charge is 0.255 e. The normalized spacial score (nSPS) is 10.6. The van der Waals surface area contributed by atoms with E-state index in [0.29, 0.717) is 23.6 Å². The van der Waals surface area contributed by atoms with Gasteiger partial charge in [-0.05, 0) is 55.8 Å². The summed E-state index contributed by atoms with van der Waals surface area (Å²) in [5.41, 5.74) is 4.00. The maximum atomic E-state index is 12.6. The third-order valence-corrected chi connectivity index (χ3v) is 5.04.